The Hall–Kier alpha value is -1.39. The number of amides is 1. The third-order valence-electron chi connectivity index (χ3n) is 1.99. The first-order valence-electron chi connectivity index (χ1n) is 4.87. The summed E-state index contributed by atoms with van der Waals surface area (Å²) in [7, 11) is 0. The summed E-state index contributed by atoms with van der Waals surface area (Å²) in [6, 6.07) is 8.90. The molecule has 0 saturated heterocycles. The van der Waals surface area contributed by atoms with Gasteiger partial charge in [0.05, 0.1) is 6.04 Å². The highest BCUT2D eigenvalue weighted by Gasteiger charge is 2.14. The van der Waals surface area contributed by atoms with Crippen LogP contribution in [0.25, 0.3) is 0 Å². The molecule has 0 aromatic heterocycles. The van der Waals surface area contributed by atoms with E-state index < -0.39 is 12.3 Å². The van der Waals surface area contributed by atoms with Crippen molar-refractivity contribution in [3.05, 3.63) is 35.9 Å². The summed E-state index contributed by atoms with van der Waals surface area (Å²) < 4.78 is 0. The molecule has 0 saturated carbocycles. The first kappa shape index (κ1) is 11.7. The van der Waals surface area contributed by atoms with Crippen LogP contribution in [0.4, 0.5) is 0 Å². The van der Waals surface area contributed by atoms with Crippen molar-refractivity contribution in [2.45, 2.75) is 25.6 Å². The first-order valence-corrected chi connectivity index (χ1v) is 4.87. The third kappa shape index (κ3) is 4.10. The fourth-order valence-electron chi connectivity index (χ4n) is 1.27. The van der Waals surface area contributed by atoms with Gasteiger partial charge >= 0.3 is 0 Å². The molecule has 0 aliphatic carbocycles. The molecule has 82 valence electrons. The summed E-state index contributed by atoms with van der Waals surface area (Å²) >= 11 is 0. The second-order valence-electron chi connectivity index (χ2n) is 3.48. The lowest BCUT2D eigenvalue weighted by Gasteiger charge is -2.13. The first-order chi connectivity index (χ1) is 7.09. The normalized spacial score (nSPS) is 14.3. The lowest BCUT2D eigenvalue weighted by atomic mass is 10.1. The van der Waals surface area contributed by atoms with E-state index in [4.69, 9.17) is 10.8 Å². The van der Waals surface area contributed by atoms with Gasteiger partial charge in [-0.25, -0.2) is 0 Å². The number of rotatable bonds is 4. The lowest BCUT2D eigenvalue weighted by molar-refractivity contribution is -0.124. The molecular weight excluding hydrogens is 192 g/mol. The Balaban J connectivity index is 2.49. The second kappa shape index (κ2) is 5.48. The number of benzene rings is 1. The molecule has 0 aliphatic rings. The predicted molar refractivity (Wildman–Crippen MR) is 57.9 cm³/mol. The largest absolute Gasteiger partial charge is 0.374 e. The summed E-state index contributed by atoms with van der Waals surface area (Å²) in [6.07, 6.45) is -0.390. The van der Waals surface area contributed by atoms with Crippen molar-refractivity contribution in [1.29, 1.82) is 0 Å². The van der Waals surface area contributed by atoms with Gasteiger partial charge in [-0.05, 0) is 18.9 Å². The Kier molecular flexibility index (Phi) is 4.27. The number of carbonyl (C=O) groups is 1. The maximum Gasteiger partial charge on any atom is 0.239 e. The van der Waals surface area contributed by atoms with Crippen molar-refractivity contribution in [3.63, 3.8) is 0 Å². The van der Waals surface area contributed by atoms with E-state index in [0.29, 0.717) is 6.42 Å². The SMILES string of the molecule is CC(O)NC(=O)[C@@H](N)Cc1ccccc1. The number of hydrogen-bond acceptors (Lipinski definition) is 3. The zero-order valence-corrected chi connectivity index (χ0v) is 8.68. The van der Waals surface area contributed by atoms with E-state index in [9.17, 15) is 4.79 Å². The van der Waals surface area contributed by atoms with Crippen molar-refractivity contribution in [1.82, 2.24) is 5.32 Å². The minimum absolute atomic E-state index is 0.339. The zero-order chi connectivity index (χ0) is 11.3. The maximum atomic E-state index is 11.4. The Labute approximate surface area is 89.1 Å². The van der Waals surface area contributed by atoms with E-state index in [0.717, 1.165) is 5.56 Å². The third-order valence-corrected chi connectivity index (χ3v) is 1.99. The maximum absolute atomic E-state index is 11.4. The van der Waals surface area contributed by atoms with Crippen molar-refractivity contribution < 1.29 is 9.90 Å². The number of hydrogen-bond donors (Lipinski definition) is 3. The molecule has 1 aromatic rings. The molecule has 1 amide bonds. The second-order valence-corrected chi connectivity index (χ2v) is 3.48. The van der Waals surface area contributed by atoms with Gasteiger partial charge in [0, 0.05) is 0 Å². The van der Waals surface area contributed by atoms with Gasteiger partial charge in [-0.2, -0.15) is 0 Å². The van der Waals surface area contributed by atoms with Crippen LogP contribution in [0.15, 0.2) is 30.3 Å². The number of aliphatic hydroxyl groups is 1. The van der Waals surface area contributed by atoms with Gasteiger partial charge in [-0.3, -0.25) is 4.79 Å². The van der Waals surface area contributed by atoms with E-state index in [2.05, 4.69) is 5.32 Å². The summed E-state index contributed by atoms with van der Waals surface area (Å²) in [5, 5.41) is 11.3. The minimum Gasteiger partial charge on any atom is -0.374 e. The number of carbonyl (C=O) groups excluding carboxylic acids is 1. The molecule has 4 nitrogen and oxygen atoms in total. The van der Waals surface area contributed by atoms with Crippen molar-refractivity contribution in [3.8, 4) is 0 Å². The highest BCUT2D eigenvalue weighted by atomic mass is 16.3. The highest BCUT2D eigenvalue weighted by Crippen LogP contribution is 2.01. The average molecular weight is 208 g/mol. The fourth-order valence-corrected chi connectivity index (χ4v) is 1.27. The molecule has 15 heavy (non-hydrogen) atoms. The van der Waals surface area contributed by atoms with E-state index in [-0.39, 0.29) is 5.91 Å². The van der Waals surface area contributed by atoms with Crippen LogP contribution in [0.1, 0.15) is 12.5 Å². The summed E-state index contributed by atoms with van der Waals surface area (Å²) in [4.78, 5) is 11.4. The lowest BCUT2D eigenvalue weighted by Crippen LogP contribution is -2.45. The van der Waals surface area contributed by atoms with Gasteiger partial charge in [0.25, 0.3) is 0 Å². The van der Waals surface area contributed by atoms with Crippen LogP contribution >= 0.6 is 0 Å². The van der Waals surface area contributed by atoms with Gasteiger partial charge in [0.1, 0.15) is 6.23 Å². The summed E-state index contributed by atoms with van der Waals surface area (Å²) in [5.74, 6) is -0.339. The Morgan fingerprint density at radius 1 is 1.47 bits per heavy atom. The molecule has 1 rings (SSSR count). The molecule has 4 heteroatoms. The molecule has 0 bridgehead atoms. The smallest absolute Gasteiger partial charge is 0.239 e. The highest BCUT2D eigenvalue weighted by molar-refractivity contribution is 5.81. The monoisotopic (exact) mass is 208 g/mol. The summed E-state index contributed by atoms with van der Waals surface area (Å²) in [6.45, 7) is 1.48. The molecular formula is C11H16N2O2. The molecule has 0 aliphatic heterocycles. The van der Waals surface area contributed by atoms with Crippen LogP contribution in [-0.2, 0) is 11.2 Å². The van der Waals surface area contributed by atoms with Crippen LogP contribution in [0.5, 0.6) is 0 Å². The molecule has 0 fully saturated rings. The van der Waals surface area contributed by atoms with Gasteiger partial charge in [0.15, 0.2) is 0 Å². The molecule has 1 unspecified atom stereocenters. The van der Waals surface area contributed by atoms with Crippen molar-refractivity contribution >= 4 is 5.91 Å². The van der Waals surface area contributed by atoms with Crippen LogP contribution in [0.3, 0.4) is 0 Å². The van der Waals surface area contributed by atoms with Crippen LogP contribution in [0, 0.1) is 0 Å². The van der Waals surface area contributed by atoms with Crippen LogP contribution in [-0.4, -0.2) is 23.3 Å². The summed E-state index contributed by atoms with van der Waals surface area (Å²) in [5.41, 5.74) is 6.68. The topological polar surface area (TPSA) is 75.3 Å². The standard InChI is InChI=1S/C11H16N2O2/c1-8(14)13-11(15)10(12)7-9-5-3-2-4-6-9/h2-6,8,10,14H,7,12H2,1H3,(H,13,15)/t8?,10-/m0/s1. The molecule has 1 aromatic carbocycles. The molecule has 2 atom stereocenters. The quantitative estimate of drug-likeness (QED) is 0.610. The van der Waals surface area contributed by atoms with Gasteiger partial charge in [-0.15, -0.1) is 0 Å². The Bertz CT molecular complexity index is 312. The molecule has 4 N–H and O–H groups in total. The Morgan fingerprint density at radius 3 is 2.60 bits per heavy atom. The average Bonchev–Trinajstić information content (AvgIpc) is 2.18. The van der Waals surface area contributed by atoms with Crippen LogP contribution in [0.2, 0.25) is 0 Å². The molecule has 0 radical (unpaired) electrons. The van der Waals surface area contributed by atoms with E-state index in [1.54, 1.807) is 0 Å². The Morgan fingerprint density at radius 2 is 2.07 bits per heavy atom. The fraction of sp³-hybridized carbons (Fsp3) is 0.364. The van der Waals surface area contributed by atoms with Gasteiger partial charge < -0.3 is 16.2 Å². The van der Waals surface area contributed by atoms with E-state index in [1.807, 2.05) is 30.3 Å². The van der Waals surface area contributed by atoms with E-state index in [1.165, 1.54) is 6.92 Å². The molecule has 0 heterocycles. The van der Waals surface area contributed by atoms with E-state index >= 15 is 0 Å². The number of nitrogens with two attached hydrogens (primary N) is 1. The minimum atomic E-state index is -0.862. The van der Waals surface area contributed by atoms with Gasteiger partial charge in [0.2, 0.25) is 5.91 Å². The number of aliphatic hydroxyl groups excluding tert-OH is 1. The number of nitrogens with one attached hydrogen (secondary N) is 1. The van der Waals surface area contributed by atoms with Crippen molar-refractivity contribution in [2.24, 2.45) is 5.73 Å². The van der Waals surface area contributed by atoms with Crippen LogP contribution < -0.4 is 11.1 Å². The zero-order valence-electron chi connectivity index (χ0n) is 8.68. The molecule has 0 spiro atoms. The predicted octanol–water partition coefficient (Wildman–Crippen LogP) is 0.0109. The van der Waals surface area contributed by atoms with Crippen molar-refractivity contribution in [2.75, 3.05) is 0 Å². The van der Waals surface area contributed by atoms with Gasteiger partial charge in [-0.1, -0.05) is 30.3 Å².